The van der Waals surface area contributed by atoms with Crippen molar-refractivity contribution >= 4 is 0 Å². The molecule has 0 amide bonds. The van der Waals surface area contributed by atoms with Gasteiger partial charge in [-0.1, -0.05) is 24.3 Å². The van der Waals surface area contributed by atoms with Crippen LogP contribution in [0.1, 0.15) is 0 Å². The number of aliphatic hydroxyl groups excluding tert-OH is 1. The molecule has 1 aliphatic carbocycles. The third kappa shape index (κ3) is 1.27. The molecule has 0 aromatic heterocycles. The van der Waals surface area contributed by atoms with E-state index in [9.17, 15) is 5.11 Å². The van der Waals surface area contributed by atoms with Gasteiger partial charge in [0.1, 0.15) is 6.10 Å². The number of ether oxygens (including phenoxy) is 1. The second-order valence-electron chi connectivity index (χ2n) is 2.73. The maximum atomic E-state index is 9.19. The van der Waals surface area contributed by atoms with Crippen LogP contribution in [0.2, 0.25) is 0 Å². The van der Waals surface area contributed by atoms with Gasteiger partial charge in [0.2, 0.25) is 0 Å². The van der Waals surface area contributed by atoms with Crippen LogP contribution in [0.25, 0.3) is 0 Å². The highest BCUT2D eigenvalue weighted by Gasteiger charge is 2.19. The molecule has 0 radical (unpaired) electrons. The van der Waals surface area contributed by atoms with Crippen molar-refractivity contribution in [2.75, 3.05) is 6.61 Å². The Hall–Kier alpha value is -0.860. The minimum absolute atomic E-state index is 0.0726. The predicted octanol–water partition coefficient (Wildman–Crippen LogP) is 0.798. The Morgan fingerprint density at radius 1 is 1.45 bits per heavy atom. The Balaban J connectivity index is 2.26. The van der Waals surface area contributed by atoms with Crippen LogP contribution in [-0.4, -0.2) is 23.9 Å². The van der Waals surface area contributed by atoms with Crippen molar-refractivity contribution in [1.29, 1.82) is 0 Å². The fraction of sp³-hybridized carbons (Fsp3) is 0.333. The quantitative estimate of drug-likeness (QED) is 0.553. The van der Waals surface area contributed by atoms with E-state index in [-0.39, 0.29) is 6.10 Å². The van der Waals surface area contributed by atoms with Crippen molar-refractivity contribution in [3.05, 3.63) is 36.0 Å². The zero-order chi connectivity index (χ0) is 7.68. The molecular formula is C9H10O2. The van der Waals surface area contributed by atoms with Gasteiger partial charge in [-0.05, 0) is 11.6 Å². The summed E-state index contributed by atoms with van der Waals surface area (Å²) in [7, 11) is 0. The number of fused-ring (bicyclic) bond motifs is 1. The highest BCUT2D eigenvalue weighted by Crippen LogP contribution is 2.19. The highest BCUT2D eigenvalue weighted by molar-refractivity contribution is 5.36. The van der Waals surface area contributed by atoms with Crippen LogP contribution < -0.4 is 0 Å². The Morgan fingerprint density at radius 3 is 3.27 bits per heavy atom. The van der Waals surface area contributed by atoms with E-state index in [4.69, 9.17) is 4.74 Å². The van der Waals surface area contributed by atoms with E-state index in [0.29, 0.717) is 6.61 Å². The molecule has 2 nitrogen and oxygen atoms in total. The molecule has 2 unspecified atom stereocenters. The molecule has 0 saturated heterocycles. The van der Waals surface area contributed by atoms with E-state index in [0.717, 1.165) is 5.57 Å². The van der Waals surface area contributed by atoms with E-state index >= 15 is 0 Å². The molecule has 58 valence electrons. The summed E-state index contributed by atoms with van der Waals surface area (Å²) in [5, 5.41) is 9.19. The molecule has 2 rings (SSSR count). The lowest BCUT2D eigenvalue weighted by Crippen LogP contribution is -2.27. The SMILES string of the molecule is OC1C=C2C=CC=CC2OC1. The van der Waals surface area contributed by atoms with Crippen LogP contribution in [0.15, 0.2) is 36.0 Å². The summed E-state index contributed by atoms with van der Waals surface area (Å²) in [6, 6.07) is 0. The number of allylic oxidation sites excluding steroid dienone is 2. The standard InChI is InChI=1S/C9H10O2/c10-8-5-7-3-1-2-4-9(7)11-6-8/h1-5,8-10H,6H2. The number of hydrogen-bond acceptors (Lipinski definition) is 2. The first-order valence-electron chi connectivity index (χ1n) is 3.72. The lowest BCUT2D eigenvalue weighted by molar-refractivity contribution is 0.0295. The Kier molecular flexibility index (Phi) is 1.64. The van der Waals surface area contributed by atoms with Crippen molar-refractivity contribution in [2.24, 2.45) is 0 Å². The van der Waals surface area contributed by atoms with E-state index in [1.165, 1.54) is 0 Å². The molecule has 2 atom stereocenters. The van der Waals surface area contributed by atoms with Gasteiger partial charge in [-0.2, -0.15) is 0 Å². The summed E-state index contributed by atoms with van der Waals surface area (Å²) in [5.74, 6) is 0. The maximum Gasteiger partial charge on any atom is 0.101 e. The fourth-order valence-corrected chi connectivity index (χ4v) is 1.31. The predicted molar refractivity (Wildman–Crippen MR) is 42.1 cm³/mol. The van der Waals surface area contributed by atoms with Crippen LogP contribution in [-0.2, 0) is 4.74 Å². The zero-order valence-corrected chi connectivity index (χ0v) is 6.10. The second kappa shape index (κ2) is 2.64. The summed E-state index contributed by atoms with van der Waals surface area (Å²) in [6.45, 7) is 0.409. The fourth-order valence-electron chi connectivity index (χ4n) is 1.31. The largest absolute Gasteiger partial charge is 0.387 e. The Labute approximate surface area is 65.5 Å². The van der Waals surface area contributed by atoms with E-state index < -0.39 is 6.10 Å². The van der Waals surface area contributed by atoms with E-state index in [2.05, 4.69) is 0 Å². The van der Waals surface area contributed by atoms with Gasteiger partial charge >= 0.3 is 0 Å². The molecular weight excluding hydrogens is 140 g/mol. The van der Waals surface area contributed by atoms with Crippen LogP contribution in [0.5, 0.6) is 0 Å². The van der Waals surface area contributed by atoms with E-state index in [1.807, 2.05) is 30.4 Å². The number of rotatable bonds is 0. The topological polar surface area (TPSA) is 29.5 Å². The van der Waals surface area contributed by atoms with Crippen LogP contribution in [0.3, 0.4) is 0 Å². The normalized spacial score (nSPS) is 34.8. The summed E-state index contributed by atoms with van der Waals surface area (Å²) in [6.07, 6.45) is 9.34. The van der Waals surface area contributed by atoms with Crippen molar-refractivity contribution in [2.45, 2.75) is 12.2 Å². The third-order valence-corrected chi connectivity index (χ3v) is 1.85. The number of aliphatic hydroxyl groups is 1. The molecule has 0 spiro atoms. The summed E-state index contributed by atoms with van der Waals surface area (Å²) in [5.41, 5.74) is 1.06. The summed E-state index contributed by atoms with van der Waals surface area (Å²) in [4.78, 5) is 0. The van der Waals surface area contributed by atoms with Crippen LogP contribution in [0, 0.1) is 0 Å². The first-order chi connectivity index (χ1) is 5.36. The summed E-state index contributed by atoms with van der Waals surface area (Å²) >= 11 is 0. The van der Waals surface area contributed by atoms with E-state index in [1.54, 1.807) is 0 Å². The molecule has 1 N–H and O–H groups in total. The summed E-state index contributed by atoms with van der Waals surface area (Å²) < 4.78 is 5.34. The van der Waals surface area contributed by atoms with Crippen LogP contribution >= 0.6 is 0 Å². The molecule has 11 heavy (non-hydrogen) atoms. The highest BCUT2D eigenvalue weighted by atomic mass is 16.5. The average molecular weight is 150 g/mol. The Morgan fingerprint density at radius 2 is 2.36 bits per heavy atom. The monoisotopic (exact) mass is 150 g/mol. The maximum absolute atomic E-state index is 9.19. The van der Waals surface area contributed by atoms with Crippen molar-refractivity contribution in [1.82, 2.24) is 0 Å². The van der Waals surface area contributed by atoms with Gasteiger partial charge < -0.3 is 9.84 Å². The first-order valence-corrected chi connectivity index (χ1v) is 3.72. The minimum Gasteiger partial charge on any atom is -0.387 e. The van der Waals surface area contributed by atoms with Gasteiger partial charge in [0.05, 0.1) is 12.7 Å². The number of hydrogen-bond donors (Lipinski definition) is 1. The average Bonchev–Trinajstić information content (AvgIpc) is 2.04. The Bertz CT molecular complexity index is 238. The molecule has 0 aromatic carbocycles. The van der Waals surface area contributed by atoms with Gasteiger partial charge in [0, 0.05) is 0 Å². The molecule has 1 aliphatic heterocycles. The van der Waals surface area contributed by atoms with Gasteiger partial charge in [-0.25, -0.2) is 0 Å². The van der Waals surface area contributed by atoms with Gasteiger partial charge in [-0.15, -0.1) is 0 Å². The molecule has 0 saturated carbocycles. The molecule has 2 heteroatoms. The van der Waals surface area contributed by atoms with Crippen molar-refractivity contribution in [3.8, 4) is 0 Å². The first kappa shape index (κ1) is 6.83. The smallest absolute Gasteiger partial charge is 0.101 e. The lowest BCUT2D eigenvalue weighted by Gasteiger charge is -2.24. The second-order valence-corrected chi connectivity index (χ2v) is 2.73. The van der Waals surface area contributed by atoms with Crippen LogP contribution in [0.4, 0.5) is 0 Å². The molecule has 0 aromatic rings. The minimum atomic E-state index is -0.433. The molecule has 2 aliphatic rings. The zero-order valence-electron chi connectivity index (χ0n) is 6.10. The van der Waals surface area contributed by atoms with Gasteiger partial charge in [0.25, 0.3) is 0 Å². The molecule has 1 heterocycles. The van der Waals surface area contributed by atoms with Crippen molar-refractivity contribution in [3.63, 3.8) is 0 Å². The molecule has 0 bridgehead atoms. The van der Waals surface area contributed by atoms with Gasteiger partial charge in [-0.3, -0.25) is 0 Å². The van der Waals surface area contributed by atoms with Gasteiger partial charge in [0.15, 0.2) is 0 Å². The third-order valence-electron chi connectivity index (χ3n) is 1.85. The lowest BCUT2D eigenvalue weighted by atomic mass is 10.0. The van der Waals surface area contributed by atoms with Crippen molar-refractivity contribution < 1.29 is 9.84 Å². The molecule has 0 fully saturated rings.